The number of carbonyl (C=O) groups is 1. The number of hydrogen-bond acceptors (Lipinski definition) is 2. The molecule has 0 spiro atoms. The molecule has 0 aromatic carbocycles. The maximum absolute atomic E-state index is 11.2. The highest BCUT2D eigenvalue weighted by Gasteiger charge is 2.61. The molecule has 1 fully saturated rings. The van der Waals surface area contributed by atoms with Crippen molar-refractivity contribution in [2.75, 3.05) is 7.11 Å². The molecular formula is C9H12Cl2O2. The van der Waals surface area contributed by atoms with E-state index in [9.17, 15) is 4.79 Å². The summed E-state index contributed by atoms with van der Waals surface area (Å²) in [5, 5.41) is 0. The molecule has 2 atom stereocenters. The maximum Gasteiger partial charge on any atom is 0.309 e. The lowest BCUT2D eigenvalue weighted by atomic mass is 10.1. The third kappa shape index (κ3) is 2.00. The fraction of sp³-hybridized carbons (Fsp3) is 0.667. The lowest BCUT2D eigenvalue weighted by molar-refractivity contribution is -0.143. The van der Waals surface area contributed by atoms with E-state index in [-0.39, 0.29) is 27.7 Å². The Morgan fingerprint density at radius 1 is 1.46 bits per heavy atom. The van der Waals surface area contributed by atoms with Gasteiger partial charge < -0.3 is 4.74 Å². The summed E-state index contributed by atoms with van der Waals surface area (Å²) in [6.45, 7) is 3.99. The van der Waals surface area contributed by atoms with Crippen molar-refractivity contribution in [1.29, 1.82) is 0 Å². The summed E-state index contributed by atoms with van der Waals surface area (Å²) >= 11 is 11.1. The van der Waals surface area contributed by atoms with Crippen molar-refractivity contribution < 1.29 is 9.53 Å². The van der Waals surface area contributed by atoms with Gasteiger partial charge in [0.15, 0.2) is 0 Å². The fourth-order valence-electron chi connectivity index (χ4n) is 1.70. The first kappa shape index (κ1) is 10.9. The molecule has 2 unspecified atom stereocenters. The monoisotopic (exact) mass is 222 g/mol. The van der Waals surface area contributed by atoms with Crippen molar-refractivity contribution in [2.24, 2.45) is 17.3 Å². The molecule has 4 heteroatoms. The van der Waals surface area contributed by atoms with Gasteiger partial charge in [-0.1, -0.05) is 37.0 Å². The Kier molecular flexibility index (Phi) is 2.93. The first-order valence-corrected chi connectivity index (χ1v) is 4.77. The molecule has 0 heterocycles. The summed E-state index contributed by atoms with van der Waals surface area (Å²) in [5.74, 6) is -0.198. The van der Waals surface area contributed by atoms with E-state index in [4.69, 9.17) is 23.2 Å². The quantitative estimate of drug-likeness (QED) is 0.673. The minimum atomic E-state index is -0.194. The van der Waals surface area contributed by atoms with Crippen LogP contribution in [0.15, 0.2) is 10.6 Å². The lowest BCUT2D eigenvalue weighted by Crippen LogP contribution is -2.07. The standard InChI is InChI=1S/C9H12Cl2O2/c1-9(2)5(4-6(10)11)7(9)8(12)13-3/h4-5,7H,1-3H3. The zero-order valence-electron chi connectivity index (χ0n) is 7.80. The highest BCUT2D eigenvalue weighted by molar-refractivity contribution is 6.55. The molecule has 0 amide bonds. The van der Waals surface area contributed by atoms with Gasteiger partial charge in [0.2, 0.25) is 0 Å². The predicted octanol–water partition coefficient (Wildman–Crippen LogP) is 2.75. The van der Waals surface area contributed by atoms with Gasteiger partial charge in [0.25, 0.3) is 0 Å². The number of rotatable bonds is 2. The molecule has 0 aliphatic heterocycles. The van der Waals surface area contributed by atoms with Crippen LogP contribution in [0, 0.1) is 17.3 Å². The third-order valence-corrected chi connectivity index (χ3v) is 2.92. The molecule has 13 heavy (non-hydrogen) atoms. The van der Waals surface area contributed by atoms with Gasteiger partial charge in [-0.25, -0.2) is 0 Å². The van der Waals surface area contributed by atoms with E-state index in [2.05, 4.69) is 4.74 Å². The van der Waals surface area contributed by atoms with Crippen LogP contribution in [0.3, 0.4) is 0 Å². The van der Waals surface area contributed by atoms with Gasteiger partial charge in [0.1, 0.15) is 4.49 Å². The molecule has 74 valence electrons. The van der Waals surface area contributed by atoms with Gasteiger partial charge in [0.05, 0.1) is 13.0 Å². The van der Waals surface area contributed by atoms with Gasteiger partial charge in [-0.15, -0.1) is 0 Å². The van der Waals surface area contributed by atoms with Crippen molar-refractivity contribution in [3.8, 4) is 0 Å². The second-order valence-corrected chi connectivity index (χ2v) is 4.81. The fourth-order valence-corrected chi connectivity index (χ4v) is 1.97. The van der Waals surface area contributed by atoms with Crippen molar-refractivity contribution >= 4 is 29.2 Å². The van der Waals surface area contributed by atoms with Crippen LogP contribution in [0.1, 0.15) is 13.8 Å². The zero-order chi connectivity index (χ0) is 10.2. The van der Waals surface area contributed by atoms with Crippen LogP contribution in [0.4, 0.5) is 0 Å². The summed E-state index contributed by atoms with van der Waals surface area (Å²) in [5.41, 5.74) is -0.0812. The topological polar surface area (TPSA) is 26.3 Å². The first-order valence-electron chi connectivity index (χ1n) is 4.02. The highest BCUT2D eigenvalue weighted by atomic mass is 35.5. The van der Waals surface area contributed by atoms with Gasteiger partial charge in [0, 0.05) is 0 Å². The number of esters is 1. The van der Waals surface area contributed by atoms with Gasteiger partial charge in [-0.3, -0.25) is 4.79 Å². The Morgan fingerprint density at radius 2 is 2.00 bits per heavy atom. The average Bonchev–Trinajstić information content (AvgIpc) is 2.51. The molecule has 0 radical (unpaired) electrons. The van der Waals surface area contributed by atoms with Crippen LogP contribution < -0.4 is 0 Å². The van der Waals surface area contributed by atoms with E-state index in [1.165, 1.54) is 7.11 Å². The average molecular weight is 223 g/mol. The summed E-state index contributed by atoms with van der Waals surface area (Å²) in [6.07, 6.45) is 1.70. The number of halogens is 2. The smallest absolute Gasteiger partial charge is 0.309 e. The normalized spacial score (nSPS) is 29.3. The Morgan fingerprint density at radius 3 is 2.38 bits per heavy atom. The van der Waals surface area contributed by atoms with Crippen LogP contribution in [0.5, 0.6) is 0 Å². The van der Waals surface area contributed by atoms with E-state index < -0.39 is 0 Å². The van der Waals surface area contributed by atoms with E-state index in [1.807, 2.05) is 13.8 Å². The minimum Gasteiger partial charge on any atom is -0.469 e. The molecule has 1 aliphatic carbocycles. The van der Waals surface area contributed by atoms with Crippen LogP contribution in [-0.4, -0.2) is 13.1 Å². The summed E-state index contributed by atoms with van der Waals surface area (Å²) in [7, 11) is 1.39. The van der Waals surface area contributed by atoms with Crippen LogP contribution in [0.25, 0.3) is 0 Å². The first-order chi connectivity index (χ1) is 5.91. The molecular weight excluding hydrogens is 211 g/mol. The second kappa shape index (κ2) is 3.50. The van der Waals surface area contributed by atoms with Gasteiger partial charge in [-0.05, 0) is 17.4 Å². The third-order valence-electron chi connectivity index (χ3n) is 2.67. The van der Waals surface area contributed by atoms with Crippen molar-refractivity contribution in [3.05, 3.63) is 10.6 Å². The largest absolute Gasteiger partial charge is 0.469 e. The van der Waals surface area contributed by atoms with E-state index >= 15 is 0 Å². The van der Waals surface area contributed by atoms with E-state index in [0.717, 1.165) is 0 Å². The summed E-state index contributed by atoms with van der Waals surface area (Å²) in [6, 6.07) is 0. The van der Waals surface area contributed by atoms with Crippen molar-refractivity contribution in [3.63, 3.8) is 0 Å². The molecule has 0 saturated heterocycles. The molecule has 0 aromatic heterocycles. The van der Waals surface area contributed by atoms with E-state index in [1.54, 1.807) is 6.08 Å². The van der Waals surface area contributed by atoms with Crippen molar-refractivity contribution in [1.82, 2.24) is 0 Å². The molecule has 1 rings (SSSR count). The molecule has 0 aromatic rings. The SMILES string of the molecule is COC(=O)C1C(C=C(Cl)Cl)C1(C)C. The number of allylic oxidation sites excluding steroid dienone is 1. The lowest BCUT2D eigenvalue weighted by Gasteiger charge is -1.98. The van der Waals surface area contributed by atoms with Gasteiger partial charge in [-0.2, -0.15) is 0 Å². The Labute approximate surface area is 87.8 Å². The highest BCUT2D eigenvalue weighted by Crippen LogP contribution is 2.60. The maximum atomic E-state index is 11.2. The Hall–Kier alpha value is -0.210. The van der Waals surface area contributed by atoms with Crippen molar-refractivity contribution in [2.45, 2.75) is 13.8 Å². The van der Waals surface area contributed by atoms with Gasteiger partial charge >= 0.3 is 5.97 Å². The van der Waals surface area contributed by atoms with Crippen LogP contribution >= 0.6 is 23.2 Å². The number of hydrogen-bond donors (Lipinski definition) is 0. The van der Waals surface area contributed by atoms with E-state index in [0.29, 0.717) is 0 Å². The predicted molar refractivity (Wildman–Crippen MR) is 52.6 cm³/mol. The molecule has 0 N–H and O–H groups in total. The summed E-state index contributed by atoms with van der Waals surface area (Å²) in [4.78, 5) is 11.2. The number of ether oxygens (including phenoxy) is 1. The Bertz CT molecular complexity index is 254. The Balaban J connectivity index is 2.72. The summed E-state index contributed by atoms with van der Waals surface area (Å²) < 4.78 is 4.88. The molecule has 0 bridgehead atoms. The molecule has 1 aliphatic rings. The van der Waals surface area contributed by atoms with Crippen LogP contribution in [0.2, 0.25) is 0 Å². The second-order valence-electron chi connectivity index (χ2n) is 3.80. The zero-order valence-corrected chi connectivity index (χ0v) is 9.32. The number of carbonyl (C=O) groups excluding carboxylic acids is 1. The van der Waals surface area contributed by atoms with Crippen LogP contribution in [-0.2, 0) is 9.53 Å². The molecule has 2 nitrogen and oxygen atoms in total. The number of methoxy groups -OCH3 is 1. The molecule has 1 saturated carbocycles. The minimum absolute atomic E-state index is 0.0812.